The summed E-state index contributed by atoms with van der Waals surface area (Å²) in [5.41, 5.74) is 0. The first-order valence-electron chi connectivity index (χ1n) is 5.16. The number of likely N-dealkylation sites (tertiary alicyclic amines) is 1. The minimum absolute atomic E-state index is 0.0342. The van der Waals surface area contributed by atoms with Crippen LogP contribution in [0.15, 0.2) is 0 Å². The zero-order chi connectivity index (χ0) is 11.4. The smallest absolute Gasteiger partial charge is 0.317 e. The van der Waals surface area contributed by atoms with Crippen LogP contribution in [0.5, 0.6) is 0 Å². The zero-order valence-electron chi connectivity index (χ0n) is 9.27. The second-order valence-electron chi connectivity index (χ2n) is 4.20. The molecule has 1 rings (SSSR count). The van der Waals surface area contributed by atoms with Crippen LogP contribution in [-0.2, 0) is 9.59 Å². The molecule has 5 heteroatoms. The van der Waals surface area contributed by atoms with Crippen LogP contribution in [0.2, 0.25) is 0 Å². The van der Waals surface area contributed by atoms with E-state index >= 15 is 0 Å². The number of amides is 1. The number of aliphatic carboxylic acids is 1. The molecule has 1 saturated heterocycles. The van der Waals surface area contributed by atoms with Gasteiger partial charge in [-0.05, 0) is 19.4 Å². The number of hydrogen-bond donors (Lipinski definition) is 1. The summed E-state index contributed by atoms with van der Waals surface area (Å²) in [6.45, 7) is 1.39. The van der Waals surface area contributed by atoms with E-state index < -0.39 is 5.97 Å². The van der Waals surface area contributed by atoms with Crippen LogP contribution in [0.25, 0.3) is 0 Å². The molecule has 1 amide bonds. The topological polar surface area (TPSA) is 60.9 Å². The summed E-state index contributed by atoms with van der Waals surface area (Å²) in [6.07, 6.45) is 1.77. The van der Waals surface area contributed by atoms with Crippen molar-refractivity contribution < 1.29 is 14.7 Å². The minimum Gasteiger partial charge on any atom is -0.480 e. The highest BCUT2D eigenvalue weighted by Crippen LogP contribution is 2.17. The molecule has 1 aliphatic heterocycles. The SMILES string of the molecule is CN(C)C(=O)C1CCCN(CC(=O)O)C1. The van der Waals surface area contributed by atoms with Gasteiger partial charge >= 0.3 is 5.97 Å². The van der Waals surface area contributed by atoms with Crippen molar-refractivity contribution >= 4 is 11.9 Å². The molecular weight excluding hydrogens is 196 g/mol. The molecular formula is C10H18N2O3. The summed E-state index contributed by atoms with van der Waals surface area (Å²) in [7, 11) is 3.47. The maximum atomic E-state index is 11.7. The lowest BCUT2D eigenvalue weighted by Gasteiger charge is -2.31. The van der Waals surface area contributed by atoms with Crippen molar-refractivity contribution in [1.29, 1.82) is 0 Å². The van der Waals surface area contributed by atoms with E-state index in [1.807, 2.05) is 4.90 Å². The minimum atomic E-state index is -0.826. The quantitative estimate of drug-likeness (QED) is 0.711. The monoisotopic (exact) mass is 214 g/mol. The van der Waals surface area contributed by atoms with Gasteiger partial charge in [-0.25, -0.2) is 0 Å². The van der Waals surface area contributed by atoms with Gasteiger partial charge in [-0.3, -0.25) is 14.5 Å². The average molecular weight is 214 g/mol. The Labute approximate surface area is 89.7 Å². The Hall–Kier alpha value is -1.10. The Bertz CT molecular complexity index is 253. The number of carbonyl (C=O) groups is 2. The normalized spacial score (nSPS) is 22.4. The van der Waals surface area contributed by atoms with E-state index in [-0.39, 0.29) is 18.4 Å². The van der Waals surface area contributed by atoms with Gasteiger partial charge in [0.2, 0.25) is 5.91 Å². The van der Waals surface area contributed by atoms with Crippen LogP contribution in [0.3, 0.4) is 0 Å². The summed E-state index contributed by atoms with van der Waals surface area (Å²) < 4.78 is 0. The number of piperidine rings is 1. The van der Waals surface area contributed by atoms with Gasteiger partial charge in [-0.2, -0.15) is 0 Å². The summed E-state index contributed by atoms with van der Waals surface area (Å²) >= 11 is 0. The van der Waals surface area contributed by atoms with E-state index in [1.54, 1.807) is 19.0 Å². The summed E-state index contributed by atoms with van der Waals surface area (Å²) in [4.78, 5) is 25.6. The van der Waals surface area contributed by atoms with Gasteiger partial charge in [-0.15, -0.1) is 0 Å². The fourth-order valence-corrected chi connectivity index (χ4v) is 1.96. The Morgan fingerprint density at radius 2 is 2.13 bits per heavy atom. The third-order valence-electron chi connectivity index (χ3n) is 2.65. The van der Waals surface area contributed by atoms with Gasteiger partial charge in [0.15, 0.2) is 0 Å². The molecule has 1 atom stereocenters. The molecule has 5 nitrogen and oxygen atoms in total. The van der Waals surface area contributed by atoms with Crippen molar-refractivity contribution in [3.05, 3.63) is 0 Å². The Morgan fingerprint density at radius 1 is 1.47 bits per heavy atom. The van der Waals surface area contributed by atoms with Crippen LogP contribution >= 0.6 is 0 Å². The lowest BCUT2D eigenvalue weighted by atomic mass is 9.97. The van der Waals surface area contributed by atoms with Crippen LogP contribution < -0.4 is 0 Å². The van der Waals surface area contributed by atoms with Crippen LogP contribution in [0.4, 0.5) is 0 Å². The zero-order valence-corrected chi connectivity index (χ0v) is 9.27. The molecule has 0 spiro atoms. The molecule has 1 aliphatic rings. The largest absolute Gasteiger partial charge is 0.480 e. The molecule has 0 aromatic rings. The first kappa shape index (κ1) is 12.0. The van der Waals surface area contributed by atoms with Crippen LogP contribution in [0.1, 0.15) is 12.8 Å². The Morgan fingerprint density at radius 3 is 2.67 bits per heavy atom. The maximum absolute atomic E-state index is 11.7. The molecule has 86 valence electrons. The van der Waals surface area contributed by atoms with Gasteiger partial charge in [0.25, 0.3) is 0 Å². The van der Waals surface area contributed by atoms with Gasteiger partial charge in [0.1, 0.15) is 0 Å². The molecule has 0 aliphatic carbocycles. The molecule has 0 radical (unpaired) electrons. The summed E-state index contributed by atoms with van der Waals surface area (Å²) in [6, 6.07) is 0. The number of carboxylic acid groups (broad SMARTS) is 1. The summed E-state index contributed by atoms with van der Waals surface area (Å²) in [5.74, 6) is -0.758. The summed E-state index contributed by atoms with van der Waals surface area (Å²) in [5, 5.41) is 8.66. The third-order valence-corrected chi connectivity index (χ3v) is 2.65. The number of carbonyl (C=O) groups excluding carboxylic acids is 1. The highest BCUT2D eigenvalue weighted by Gasteiger charge is 2.27. The molecule has 15 heavy (non-hydrogen) atoms. The lowest BCUT2D eigenvalue weighted by molar-refractivity contribution is -0.141. The fourth-order valence-electron chi connectivity index (χ4n) is 1.96. The number of nitrogens with zero attached hydrogens (tertiary/aromatic N) is 2. The predicted octanol–water partition coefficient (Wildman–Crippen LogP) is -0.129. The third kappa shape index (κ3) is 3.51. The van der Waals surface area contributed by atoms with Crippen LogP contribution in [0, 0.1) is 5.92 Å². The van der Waals surface area contributed by atoms with Crippen molar-refractivity contribution in [2.75, 3.05) is 33.7 Å². The molecule has 1 N–H and O–H groups in total. The van der Waals surface area contributed by atoms with Crippen molar-refractivity contribution in [1.82, 2.24) is 9.80 Å². The second kappa shape index (κ2) is 5.11. The van der Waals surface area contributed by atoms with Crippen molar-refractivity contribution in [3.8, 4) is 0 Å². The molecule has 0 aromatic carbocycles. The van der Waals surface area contributed by atoms with E-state index in [2.05, 4.69) is 0 Å². The first-order valence-corrected chi connectivity index (χ1v) is 5.16. The van der Waals surface area contributed by atoms with Gasteiger partial charge in [0, 0.05) is 20.6 Å². The maximum Gasteiger partial charge on any atom is 0.317 e. The van der Waals surface area contributed by atoms with E-state index in [0.29, 0.717) is 6.54 Å². The van der Waals surface area contributed by atoms with Gasteiger partial charge in [-0.1, -0.05) is 0 Å². The van der Waals surface area contributed by atoms with E-state index in [9.17, 15) is 9.59 Å². The number of hydrogen-bond acceptors (Lipinski definition) is 3. The molecule has 1 fully saturated rings. The molecule has 0 bridgehead atoms. The average Bonchev–Trinajstić information content (AvgIpc) is 2.16. The van der Waals surface area contributed by atoms with Crippen molar-refractivity contribution in [2.24, 2.45) is 5.92 Å². The predicted molar refractivity (Wildman–Crippen MR) is 55.5 cm³/mol. The Balaban J connectivity index is 2.48. The van der Waals surface area contributed by atoms with Gasteiger partial charge < -0.3 is 10.0 Å². The molecule has 1 unspecified atom stereocenters. The van der Waals surface area contributed by atoms with E-state index in [0.717, 1.165) is 19.4 Å². The molecule has 0 saturated carbocycles. The van der Waals surface area contributed by atoms with Gasteiger partial charge in [0.05, 0.1) is 12.5 Å². The Kier molecular flexibility index (Phi) is 4.08. The second-order valence-corrected chi connectivity index (χ2v) is 4.20. The number of carboxylic acids is 1. The van der Waals surface area contributed by atoms with Crippen molar-refractivity contribution in [2.45, 2.75) is 12.8 Å². The highest BCUT2D eigenvalue weighted by atomic mass is 16.4. The number of rotatable bonds is 3. The van der Waals surface area contributed by atoms with E-state index in [4.69, 9.17) is 5.11 Å². The molecule has 0 aromatic heterocycles. The lowest BCUT2D eigenvalue weighted by Crippen LogP contribution is -2.44. The first-order chi connectivity index (χ1) is 7.00. The molecule has 1 heterocycles. The highest BCUT2D eigenvalue weighted by molar-refractivity contribution is 5.78. The van der Waals surface area contributed by atoms with Crippen molar-refractivity contribution in [3.63, 3.8) is 0 Å². The van der Waals surface area contributed by atoms with Crippen LogP contribution in [-0.4, -0.2) is 60.5 Å². The van der Waals surface area contributed by atoms with E-state index in [1.165, 1.54) is 0 Å². The fraction of sp³-hybridized carbons (Fsp3) is 0.800. The standard InChI is InChI=1S/C10H18N2O3/c1-11(2)10(15)8-4-3-5-12(6-8)7-9(13)14/h8H,3-7H2,1-2H3,(H,13,14).